The highest BCUT2D eigenvalue weighted by atomic mass is 32.2. The molecule has 1 fully saturated rings. The van der Waals surface area contributed by atoms with E-state index in [0.717, 1.165) is 11.6 Å². The average Bonchev–Trinajstić information content (AvgIpc) is 2.93. The molecule has 0 atom stereocenters. The van der Waals surface area contributed by atoms with Crippen molar-refractivity contribution in [3.63, 3.8) is 0 Å². The van der Waals surface area contributed by atoms with Crippen molar-refractivity contribution in [2.75, 3.05) is 38.8 Å². The molecule has 0 aliphatic carbocycles. The molecule has 37 heavy (non-hydrogen) atoms. The van der Waals surface area contributed by atoms with Crippen LogP contribution in [0.2, 0.25) is 0 Å². The molecule has 0 bridgehead atoms. The highest BCUT2D eigenvalue weighted by Gasteiger charge is 2.28. The van der Waals surface area contributed by atoms with E-state index in [1.54, 1.807) is 25.3 Å². The van der Waals surface area contributed by atoms with Gasteiger partial charge >= 0.3 is 0 Å². The van der Waals surface area contributed by atoms with Crippen LogP contribution in [0.3, 0.4) is 0 Å². The van der Waals surface area contributed by atoms with Crippen molar-refractivity contribution in [3.05, 3.63) is 88.0 Å². The molecule has 4 rings (SSSR count). The first-order chi connectivity index (χ1) is 17.9. The topological polar surface area (TPSA) is 133 Å². The van der Waals surface area contributed by atoms with Gasteiger partial charge in [-0.3, -0.25) is 15.5 Å². The van der Waals surface area contributed by atoms with Crippen molar-refractivity contribution in [3.8, 4) is 11.5 Å². The summed E-state index contributed by atoms with van der Waals surface area (Å²) in [7, 11) is -2.33. The molecule has 0 radical (unpaired) electrons. The molecule has 0 aromatic heterocycles. The lowest BCUT2D eigenvalue weighted by molar-refractivity contribution is -0.384. The summed E-state index contributed by atoms with van der Waals surface area (Å²) in [6.45, 7) is 1.29. The van der Waals surface area contributed by atoms with Crippen LogP contribution in [0.4, 0.5) is 11.4 Å². The first-order valence-corrected chi connectivity index (χ1v) is 12.8. The minimum absolute atomic E-state index is 0.0521. The minimum atomic E-state index is -3.88. The lowest BCUT2D eigenvalue weighted by Gasteiger charge is -2.26. The number of hydrogen-bond acceptors (Lipinski definition) is 9. The Bertz CT molecular complexity index is 1380. The molecule has 1 aliphatic rings. The van der Waals surface area contributed by atoms with Gasteiger partial charge in [0, 0.05) is 19.2 Å². The van der Waals surface area contributed by atoms with E-state index in [-0.39, 0.29) is 36.9 Å². The van der Waals surface area contributed by atoms with E-state index in [0.29, 0.717) is 23.7 Å². The fraction of sp³-hybridized carbons (Fsp3) is 0.240. The van der Waals surface area contributed by atoms with Gasteiger partial charge in [-0.25, -0.2) is 8.42 Å². The number of ether oxygens (including phenoxy) is 3. The smallest absolute Gasteiger partial charge is 0.295 e. The lowest BCUT2D eigenvalue weighted by Crippen LogP contribution is -2.40. The Morgan fingerprint density at radius 2 is 1.84 bits per heavy atom. The molecule has 0 unspecified atom stereocenters. The molecule has 1 aliphatic heterocycles. The van der Waals surface area contributed by atoms with Gasteiger partial charge in [-0.1, -0.05) is 30.3 Å². The third-order valence-corrected chi connectivity index (χ3v) is 7.49. The second kappa shape index (κ2) is 11.8. The van der Waals surface area contributed by atoms with Gasteiger partial charge in [0.05, 0.1) is 36.4 Å². The van der Waals surface area contributed by atoms with E-state index in [1.807, 2.05) is 30.3 Å². The standard InChI is InChI=1S/C25H26N4O7S/c1-34-24-10-7-20(15-25(24)36-18-19-5-3-2-4-6-19)17-26-27-22-9-8-21(16-23(22)29(30)31)37(32,33)28-11-13-35-14-12-28/h2-10,15-17,27H,11-14,18H2,1H3/b26-17-. The van der Waals surface area contributed by atoms with Crippen LogP contribution in [0.5, 0.6) is 11.5 Å². The quantitative estimate of drug-likeness (QED) is 0.241. The van der Waals surface area contributed by atoms with Gasteiger partial charge in [0.25, 0.3) is 5.69 Å². The summed E-state index contributed by atoms with van der Waals surface area (Å²) in [5.74, 6) is 1.06. The van der Waals surface area contributed by atoms with Gasteiger partial charge in [-0.15, -0.1) is 0 Å². The van der Waals surface area contributed by atoms with E-state index >= 15 is 0 Å². The average molecular weight is 527 g/mol. The molecule has 12 heteroatoms. The Hall–Kier alpha value is -4.00. The van der Waals surface area contributed by atoms with Crippen LogP contribution in [-0.2, 0) is 21.4 Å². The predicted octanol–water partition coefficient (Wildman–Crippen LogP) is 3.65. The van der Waals surface area contributed by atoms with Crippen molar-refractivity contribution in [2.45, 2.75) is 11.5 Å². The van der Waals surface area contributed by atoms with Crippen LogP contribution in [0.15, 0.2) is 76.7 Å². The van der Waals surface area contributed by atoms with Crippen molar-refractivity contribution >= 4 is 27.6 Å². The largest absolute Gasteiger partial charge is 0.493 e. The third kappa shape index (κ3) is 6.42. The molecule has 1 N–H and O–H groups in total. The zero-order chi connectivity index (χ0) is 26.3. The van der Waals surface area contributed by atoms with Crippen LogP contribution in [-0.4, -0.2) is 57.3 Å². The monoisotopic (exact) mass is 526 g/mol. The van der Waals surface area contributed by atoms with Crippen molar-refractivity contribution in [1.29, 1.82) is 0 Å². The lowest BCUT2D eigenvalue weighted by atomic mass is 10.2. The van der Waals surface area contributed by atoms with E-state index in [2.05, 4.69) is 10.5 Å². The summed E-state index contributed by atoms with van der Waals surface area (Å²) in [5.41, 5.74) is 3.93. The summed E-state index contributed by atoms with van der Waals surface area (Å²) in [6, 6.07) is 18.6. The number of benzene rings is 3. The Kier molecular flexibility index (Phi) is 8.33. The number of nitro benzene ring substituents is 1. The number of anilines is 1. The number of nitrogens with zero attached hydrogens (tertiary/aromatic N) is 3. The molecule has 0 saturated carbocycles. The highest BCUT2D eigenvalue weighted by Crippen LogP contribution is 2.30. The van der Waals surface area contributed by atoms with Gasteiger partial charge in [-0.2, -0.15) is 9.41 Å². The second-order valence-corrected chi connectivity index (χ2v) is 9.95. The molecule has 194 valence electrons. The number of hydrogen-bond donors (Lipinski definition) is 1. The molecule has 11 nitrogen and oxygen atoms in total. The molecule has 1 saturated heterocycles. The number of sulfonamides is 1. The Morgan fingerprint density at radius 1 is 1.08 bits per heavy atom. The Balaban J connectivity index is 1.49. The fourth-order valence-electron chi connectivity index (χ4n) is 3.65. The summed E-state index contributed by atoms with van der Waals surface area (Å²) < 4.78 is 43.5. The number of nitro groups is 1. The number of hydrazone groups is 1. The Morgan fingerprint density at radius 3 is 2.54 bits per heavy atom. The summed E-state index contributed by atoms with van der Waals surface area (Å²) in [6.07, 6.45) is 1.47. The van der Waals surface area contributed by atoms with Crippen LogP contribution in [0, 0.1) is 10.1 Å². The summed E-state index contributed by atoms with van der Waals surface area (Å²) >= 11 is 0. The maximum Gasteiger partial charge on any atom is 0.295 e. The molecule has 1 heterocycles. The second-order valence-electron chi connectivity index (χ2n) is 8.01. The maximum atomic E-state index is 12.9. The number of rotatable bonds is 10. The molecular weight excluding hydrogens is 500 g/mol. The van der Waals surface area contributed by atoms with Gasteiger partial charge < -0.3 is 14.2 Å². The SMILES string of the molecule is COc1ccc(/C=N\Nc2ccc(S(=O)(=O)N3CCOCC3)cc2[N+](=O)[O-])cc1OCc1ccccc1. The summed E-state index contributed by atoms with van der Waals surface area (Å²) in [5, 5.41) is 15.8. The first-order valence-electron chi connectivity index (χ1n) is 11.4. The van der Waals surface area contributed by atoms with Crippen LogP contribution < -0.4 is 14.9 Å². The minimum Gasteiger partial charge on any atom is -0.493 e. The highest BCUT2D eigenvalue weighted by molar-refractivity contribution is 7.89. The summed E-state index contributed by atoms with van der Waals surface area (Å²) in [4.78, 5) is 10.9. The van der Waals surface area contributed by atoms with Gasteiger partial charge in [0.2, 0.25) is 10.0 Å². The van der Waals surface area contributed by atoms with Gasteiger partial charge in [0.15, 0.2) is 11.5 Å². The molecule has 3 aromatic carbocycles. The van der Waals surface area contributed by atoms with E-state index in [1.165, 1.54) is 22.7 Å². The van der Waals surface area contributed by atoms with Crippen LogP contribution in [0.1, 0.15) is 11.1 Å². The maximum absolute atomic E-state index is 12.9. The number of methoxy groups -OCH3 is 1. The van der Waals surface area contributed by atoms with Gasteiger partial charge in [-0.05, 0) is 41.5 Å². The first kappa shape index (κ1) is 26.1. The molecule has 0 spiro atoms. The van der Waals surface area contributed by atoms with E-state index in [4.69, 9.17) is 14.2 Å². The van der Waals surface area contributed by atoms with Crippen molar-refractivity contribution < 1.29 is 27.6 Å². The van der Waals surface area contributed by atoms with Gasteiger partial charge in [0.1, 0.15) is 12.3 Å². The Labute approximate surface area is 214 Å². The zero-order valence-corrected chi connectivity index (χ0v) is 20.9. The van der Waals surface area contributed by atoms with Crippen LogP contribution >= 0.6 is 0 Å². The molecule has 3 aromatic rings. The predicted molar refractivity (Wildman–Crippen MR) is 138 cm³/mol. The van der Waals surface area contributed by atoms with E-state index in [9.17, 15) is 18.5 Å². The zero-order valence-electron chi connectivity index (χ0n) is 20.1. The van der Waals surface area contributed by atoms with E-state index < -0.39 is 20.6 Å². The molecular formula is C25H26N4O7S. The third-order valence-electron chi connectivity index (χ3n) is 5.60. The normalized spacial score (nSPS) is 14.4. The number of nitrogens with one attached hydrogen (secondary N) is 1. The van der Waals surface area contributed by atoms with Crippen molar-refractivity contribution in [2.24, 2.45) is 5.10 Å². The van der Waals surface area contributed by atoms with Crippen LogP contribution in [0.25, 0.3) is 0 Å². The number of morpholine rings is 1. The molecule has 0 amide bonds. The van der Waals surface area contributed by atoms with Crippen molar-refractivity contribution in [1.82, 2.24) is 4.31 Å². The fourth-order valence-corrected chi connectivity index (χ4v) is 5.08.